The highest BCUT2D eigenvalue weighted by Gasteiger charge is 2.19. The van der Waals surface area contributed by atoms with E-state index < -0.39 is 0 Å². The molecule has 140 valence electrons. The molecule has 1 unspecified atom stereocenters. The first-order valence-electron chi connectivity index (χ1n) is 9.46. The molecule has 0 bridgehead atoms. The molecule has 0 spiro atoms. The van der Waals surface area contributed by atoms with E-state index >= 15 is 0 Å². The number of nitrogens with one attached hydrogen (secondary N) is 1. The van der Waals surface area contributed by atoms with Crippen LogP contribution in [0.25, 0.3) is 0 Å². The van der Waals surface area contributed by atoms with Crippen molar-refractivity contribution in [2.75, 3.05) is 19.0 Å². The summed E-state index contributed by atoms with van der Waals surface area (Å²) in [6, 6.07) is 8.09. The van der Waals surface area contributed by atoms with Crippen LogP contribution in [0.15, 0.2) is 24.3 Å². The van der Waals surface area contributed by atoms with Crippen molar-refractivity contribution in [2.45, 2.75) is 63.7 Å². The van der Waals surface area contributed by atoms with Crippen LogP contribution >= 0.6 is 11.8 Å². The Labute approximate surface area is 156 Å². The fourth-order valence-corrected chi connectivity index (χ4v) is 3.63. The van der Waals surface area contributed by atoms with Crippen LogP contribution in [0, 0.1) is 0 Å². The van der Waals surface area contributed by atoms with Crippen LogP contribution < -0.4 is 14.8 Å². The van der Waals surface area contributed by atoms with Crippen LogP contribution in [0.2, 0.25) is 0 Å². The lowest BCUT2D eigenvalue weighted by Gasteiger charge is -2.24. The third kappa shape index (κ3) is 7.59. The molecular weight excluding hydrogens is 334 g/mol. The van der Waals surface area contributed by atoms with Gasteiger partial charge in [0.1, 0.15) is 11.5 Å². The highest BCUT2D eigenvalue weighted by molar-refractivity contribution is 8.00. The standard InChI is InChI=1S/C20H31NO3S/c1-3-13-23-18-9-11-19(12-10-18)24-14-15-25-16(2)20(22)21-17-7-5-4-6-8-17/h9-12,16-17H,3-8,13-15H2,1-2H3,(H,21,22). The summed E-state index contributed by atoms with van der Waals surface area (Å²) in [4.78, 5) is 12.2. The summed E-state index contributed by atoms with van der Waals surface area (Å²) in [5.41, 5.74) is 0. The molecule has 0 radical (unpaired) electrons. The summed E-state index contributed by atoms with van der Waals surface area (Å²) in [5, 5.41) is 3.15. The summed E-state index contributed by atoms with van der Waals surface area (Å²) < 4.78 is 11.3. The summed E-state index contributed by atoms with van der Waals surface area (Å²) in [6.07, 6.45) is 7.04. The Hall–Kier alpha value is -1.36. The molecule has 5 heteroatoms. The topological polar surface area (TPSA) is 47.6 Å². The van der Waals surface area contributed by atoms with Crippen LogP contribution in [-0.4, -0.2) is 36.2 Å². The van der Waals surface area contributed by atoms with Crippen molar-refractivity contribution in [3.63, 3.8) is 0 Å². The molecule has 4 nitrogen and oxygen atoms in total. The van der Waals surface area contributed by atoms with Gasteiger partial charge in [0, 0.05) is 11.8 Å². The number of ether oxygens (including phenoxy) is 2. The molecular formula is C20H31NO3S. The first-order valence-corrected chi connectivity index (χ1v) is 10.5. The zero-order valence-electron chi connectivity index (χ0n) is 15.5. The van der Waals surface area contributed by atoms with Gasteiger partial charge in [0.05, 0.1) is 18.5 Å². The SMILES string of the molecule is CCCOc1ccc(OCCSC(C)C(=O)NC2CCCCC2)cc1. The first kappa shape index (κ1) is 20.0. The van der Waals surface area contributed by atoms with Crippen molar-refractivity contribution >= 4 is 17.7 Å². The molecule has 1 aliphatic carbocycles. The Kier molecular flexibility index (Phi) is 9.02. The predicted molar refractivity (Wildman–Crippen MR) is 105 cm³/mol. The molecule has 1 N–H and O–H groups in total. The van der Waals surface area contributed by atoms with Crippen LogP contribution in [-0.2, 0) is 4.79 Å². The number of hydrogen-bond donors (Lipinski definition) is 1. The van der Waals surface area contributed by atoms with Gasteiger partial charge in [-0.15, -0.1) is 11.8 Å². The van der Waals surface area contributed by atoms with E-state index in [2.05, 4.69) is 12.2 Å². The largest absolute Gasteiger partial charge is 0.494 e. The number of amides is 1. The minimum atomic E-state index is -0.0321. The van der Waals surface area contributed by atoms with Gasteiger partial charge in [0.15, 0.2) is 0 Å². The lowest BCUT2D eigenvalue weighted by Crippen LogP contribution is -2.40. The fraction of sp³-hybridized carbons (Fsp3) is 0.650. The molecule has 1 saturated carbocycles. The van der Waals surface area contributed by atoms with Crippen molar-refractivity contribution in [1.82, 2.24) is 5.32 Å². The summed E-state index contributed by atoms with van der Waals surface area (Å²) in [6.45, 7) is 5.40. The molecule has 1 atom stereocenters. The third-order valence-corrected chi connectivity index (χ3v) is 5.45. The predicted octanol–water partition coefficient (Wildman–Crippen LogP) is 4.42. The highest BCUT2D eigenvalue weighted by atomic mass is 32.2. The highest BCUT2D eigenvalue weighted by Crippen LogP contribution is 2.20. The Morgan fingerprint density at radius 2 is 1.72 bits per heavy atom. The minimum Gasteiger partial charge on any atom is -0.494 e. The molecule has 1 amide bonds. The van der Waals surface area contributed by atoms with Gasteiger partial charge < -0.3 is 14.8 Å². The molecule has 0 aromatic heterocycles. The molecule has 0 heterocycles. The zero-order valence-corrected chi connectivity index (χ0v) is 16.3. The number of rotatable bonds is 10. The van der Waals surface area contributed by atoms with E-state index in [1.165, 1.54) is 19.3 Å². The van der Waals surface area contributed by atoms with E-state index in [1.807, 2.05) is 31.2 Å². The lowest BCUT2D eigenvalue weighted by atomic mass is 9.95. The lowest BCUT2D eigenvalue weighted by molar-refractivity contribution is -0.121. The van der Waals surface area contributed by atoms with Gasteiger partial charge in [0.25, 0.3) is 0 Å². The molecule has 1 aromatic rings. The summed E-state index contributed by atoms with van der Waals surface area (Å²) in [7, 11) is 0. The molecule has 1 fully saturated rings. The van der Waals surface area contributed by atoms with E-state index in [4.69, 9.17) is 9.47 Å². The second-order valence-electron chi connectivity index (χ2n) is 6.52. The van der Waals surface area contributed by atoms with Gasteiger partial charge in [-0.1, -0.05) is 26.2 Å². The maximum atomic E-state index is 12.2. The van der Waals surface area contributed by atoms with Gasteiger partial charge >= 0.3 is 0 Å². The average Bonchev–Trinajstić information content (AvgIpc) is 2.65. The fourth-order valence-electron chi connectivity index (χ4n) is 2.88. The molecule has 1 aliphatic rings. The molecule has 0 aliphatic heterocycles. The zero-order chi connectivity index (χ0) is 17.9. The van der Waals surface area contributed by atoms with Crippen LogP contribution in [0.4, 0.5) is 0 Å². The van der Waals surface area contributed by atoms with Gasteiger partial charge in [-0.05, 0) is 50.5 Å². The van der Waals surface area contributed by atoms with Gasteiger partial charge in [-0.25, -0.2) is 0 Å². The van der Waals surface area contributed by atoms with Crippen molar-refractivity contribution in [2.24, 2.45) is 0 Å². The second-order valence-corrected chi connectivity index (χ2v) is 7.97. The van der Waals surface area contributed by atoms with E-state index in [1.54, 1.807) is 11.8 Å². The molecule has 1 aromatic carbocycles. The van der Waals surface area contributed by atoms with E-state index in [-0.39, 0.29) is 11.2 Å². The van der Waals surface area contributed by atoms with Gasteiger partial charge in [0.2, 0.25) is 5.91 Å². The second kappa shape index (κ2) is 11.3. The monoisotopic (exact) mass is 365 g/mol. The minimum absolute atomic E-state index is 0.0321. The molecule has 0 saturated heterocycles. The van der Waals surface area contributed by atoms with E-state index in [9.17, 15) is 4.79 Å². The maximum absolute atomic E-state index is 12.2. The number of carbonyl (C=O) groups is 1. The summed E-state index contributed by atoms with van der Waals surface area (Å²) in [5.74, 6) is 2.67. The van der Waals surface area contributed by atoms with Gasteiger partial charge in [-0.3, -0.25) is 4.79 Å². The van der Waals surface area contributed by atoms with E-state index in [0.29, 0.717) is 12.6 Å². The van der Waals surface area contributed by atoms with Crippen LogP contribution in [0.3, 0.4) is 0 Å². The molecule has 25 heavy (non-hydrogen) atoms. The Morgan fingerprint density at radius 3 is 2.32 bits per heavy atom. The number of benzene rings is 1. The number of hydrogen-bond acceptors (Lipinski definition) is 4. The third-order valence-electron chi connectivity index (χ3n) is 4.34. The average molecular weight is 366 g/mol. The molecule has 2 rings (SSSR count). The van der Waals surface area contributed by atoms with Crippen LogP contribution in [0.5, 0.6) is 11.5 Å². The van der Waals surface area contributed by atoms with Crippen LogP contribution in [0.1, 0.15) is 52.4 Å². The Bertz CT molecular complexity index is 500. The van der Waals surface area contributed by atoms with E-state index in [0.717, 1.165) is 43.1 Å². The number of carbonyl (C=O) groups excluding carboxylic acids is 1. The van der Waals surface area contributed by atoms with Gasteiger partial charge in [-0.2, -0.15) is 0 Å². The quantitative estimate of drug-likeness (QED) is 0.623. The normalized spacial score (nSPS) is 16.2. The first-order chi connectivity index (χ1) is 12.2. The van der Waals surface area contributed by atoms with Crippen molar-refractivity contribution in [3.05, 3.63) is 24.3 Å². The summed E-state index contributed by atoms with van der Waals surface area (Å²) >= 11 is 1.64. The maximum Gasteiger partial charge on any atom is 0.233 e. The van der Waals surface area contributed by atoms with Crippen molar-refractivity contribution < 1.29 is 14.3 Å². The Morgan fingerprint density at radius 1 is 1.12 bits per heavy atom. The van der Waals surface area contributed by atoms with Crippen molar-refractivity contribution in [1.29, 1.82) is 0 Å². The Balaban J connectivity index is 1.60. The smallest absolute Gasteiger partial charge is 0.233 e. The van der Waals surface area contributed by atoms with Crippen molar-refractivity contribution in [3.8, 4) is 11.5 Å². The number of thioether (sulfide) groups is 1.